The highest BCUT2D eigenvalue weighted by Crippen LogP contribution is 2.27. The third kappa shape index (κ3) is 3.28. The van der Waals surface area contributed by atoms with Crippen molar-refractivity contribution in [3.05, 3.63) is 59.4 Å². The molecule has 0 unspecified atom stereocenters. The van der Waals surface area contributed by atoms with Gasteiger partial charge in [0.05, 0.1) is 0 Å². The second kappa shape index (κ2) is 7.20. The maximum absolute atomic E-state index is 13.2. The zero-order chi connectivity index (χ0) is 19.9. The molecule has 1 N–H and O–H groups in total. The lowest BCUT2D eigenvalue weighted by Crippen LogP contribution is -2.55. The molecule has 146 valence electrons. The van der Waals surface area contributed by atoms with E-state index in [1.165, 1.54) is 10.5 Å². The molecule has 1 aliphatic heterocycles. The zero-order valence-corrected chi connectivity index (χ0v) is 16.7. The number of aromatic nitrogens is 2. The number of fused-ring (bicyclic) bond motifs is 1. The van der Waals surface area contributed by atoms with Crippen molar-refractivity contribution in [3.63, 3.8) is 0 Å². The van der Waals surface area contributed by atoms with Gasteiger partial charge in [-0.15, -0.1) is 0 Å². The minimum Gasteiger partial charge on any atom is -0.345 e. The number of carbonyl (C=O) groups excluding carboxylic acids is 1. The number of rotatable bonds is 3. The van der Waals surface area contributed by atoms with Gasteiger partial charge in [0.15, 0.2) is 0 Å². The van der Waals surface area contributed by atoms with Gasteiger partial charge >= 0.3 is 0 Å². The van der Waals surface area contributed by atoms with Crippen molar-refractivity contribution in [1.82, 2.24) is 19.2 Å². The molecule has 1 aromatic carbocycles. The predicted octanol–water partition coefficient (Wildman–Crippen LogP) is 2.75. The summed E-state index contributed by atoms with van der Waals surface area (Å²) in [6, 6.07) is 9.85. The van der Waals surface area contributed by atoms with Gasteiger partial charge in [0.2, 0.25) is 10.0 Å². The Balaban J connectivity index is 1.56. The average Bonchev–Trinajstić information content (AvgIpc) is 3.12. The van der Waals surface area contributed by atoms with Gasteiger partial charge in [0, 0.05) is 54.0 Å². The van der Waals surface area contributed by atoms with Crippen LogP contribution in [0.5, 0.6) is 0 Å². The van der Waals surface area contributed by atoms with Gasteiger partial charge in [-0.2, -0.15) is 4.31 Å². The first-order valence-corrected chi connectivity index (χ1v) is 10.7. The van der Waals surface area contributed by atoms with E-state index >= 15 is 0 Å². The van der Waals surface area contributed by atoms with Crippen LogP contribution in [0.3, 0.4) is 0 Å². The second-order valence-corrected chi connectivity index (χ2v) is 9.07. The summed E-state index contributed by atoms with van der Waals surface area (Å²) in [6.45, 7) is 2.66. The smallest absolute Gasteiger partial charge is 0.254 e. The van der Waals surface area contributed by atoms with E-state index in [2.05, 4.69) is 9.97 Å². The highest BCUT2D eigenvalue weighted by molar-refractivity contribution is 7.89. The summed E-state index contributed by atoms with van der Waals surface area (Å²) < 4.78 is 27.9. The van der Waals surface area contributed by atoms with Crippen LogP contribution >= 0.6 is 11.6 Å². The van der Waals surface area contributed by atoms with Gasteiger partial charge in [0.1, 0.15) is 10.5 Å². The van der Waals surface area contributed by atoms with Gasteiger partial charge in [-0.05, 0) is 37.3 Å². The van der Waals surface area contributed by atoms with E-state index < -0.39 is 10.0 Å². The molecular formula is C19H19ClN4O3S. The number of hydrogen-bond donors (Lipinski definition) is 1. The van der Waals surface area contributed by atoms with E-state index in [-0.39, 0.29) is 23.4 Å². The fourth-order valence-corrected chi connectivity index (χ4v) is 5.51. The van der Waals surface area contributed by atoms with Crippen molar-refractivity contribution >= 4 is 38.6 Å². The molecule has 1 fully saturated rings. The molecule has 3 heterocycles. The molecular weight excluding hydrogens is 400 g/mol. The maximum atomic E-state index is 13.2. The number of halogens is 1. The number of piperazine rings is 1. The lowest BCUT2D eigenvalue weighted by atomic mass is 10.1. The number of benzene rings is 1. The second-order valence-electron chi connectivity index (χ2n) is 6.78. The van der Waals surface area contributed by atoms with Crippen molar-refractivity contribution in [2.45, 2.75) is 17.9 Å². The lowest BCUT2D eigenvalue weighted by molar-refractivity contribution is 0.0642. The molecule has 0 radical (unpaired) electrons. The van der Waals surface area contributed by atoms with E-state index in [1.807, 2.05) is 6.92 Å². The number of pyridine rings is 1. The number of amides is 1. The van der Waals surface area contributed by atoms with Crippen molar-refractivity contribution in [3.8, 4) is 0 Å². The molecule has 0 saturated carbocycles. The molecule has 1 aliphatic rings. The third-order valence-electron chi connectivity index (χ3n) is 4.93. The molecule has 1 saturated heterocycles. The highest BCUT2D eigenvalue weighted by atomic mass is 35.5. The topological polar surface area (TPSA) is 86.4 Å². The normalized spacial score (nSPS) is 18.5. The summed E-state index contributed by atoms with van der Waals surface area (Å²) in [5.41, 5.74) is 1.03. The highest BCUT2D eigenvalue weighted by Gasteiger charge is 2.36. The minimum absolute atomic E-state index is 0.150. The molecule has 0 spiro atoms. The summed E-state index contributed by atoms with van der Waals surface area (Å²) in [5.74, 6) is -0.150. The number of nitrogens with zero attached hydrogens (tertiary/aromatic N) is 3. The molecule has 1 amide bonds. The van der Waals surface area contributed by atoms with Crippen molar-refractivity contribution < 1.29 is 13.2 Å². The largest absolute Gasteiger partial charge is 0.345 e. The fraction of sp³-hybridized carbons (Fsp3) is 0.263. The van der Waals surface area contributed by atoms with Crippen LogP contribution in [0, 0.1) is 0 Å². The van der Waals surface area contributed by atoms with Crippen LogP contribution in [-0.4, -0.2) is 59.2 Å². The molecule has 3 aromatic rings. The number of nitrogens with one attached hydrogen (secondary N) is 1. The maximum Gasteiger partial charge on any atom is 0.254 e. The third-order valence-corrected chi connectivity index (χ3v) is 7.21. The first-order valence-electron chi connectivity index (χ1n) is 8.87. The van der Waals surface area contributed by atoms with E-state index in [0.717, 1.165) is 0 Å². The number of H-pyrrole nitrogens is 1. The Morgan fingerprint density at radius 3 is 2.82 bits per heavy atom. The summed E-state index contributed by atoms with van der Waals surface area (Å²) >= 11 is 5.98. The number of sulfonamides is 1. The van der Waals surface area contributed by atoms with Crippen LogP contribution in [-0.2, 0) is 10.0 Å². The minimum atomic E-state index is -3.71. The first kappa shape index (κ1) is 18.9. The summed E-state index contributed by atoms with van der Waals surface area (Å²) in [5, 5.41) is 1.06. The van der Waals surface area contributed by atoms with Gasteiger partial charge < -0.3 is 9.88 Å². The molecule has 1 atom stereocenters. The standard InChI is InChI=1S/C19H19ClN4O3S/c1-13-12-23(19(25)14-4-2-5-15(20)10-14)8-9-24(13)28(26,27)17-11-22-18-16(17)6-3-7-21-18/h2-7,10-11,13H,8-9,12H2,1H3,(H,21,22)/t13-/m1/s1. The number of carbonyl (C=O) groups is 1. The van der Waals surface area contributed by atoms with E-state index in [1.54, 1.807) is 47.5 Å². The fourth-order valence-electron chi connectivity index (χ4n) is 3.56. The van der Waals surface area contributed by atoms with Crippen LogP contribution < -0.4 is 0 Å². The number of hydrogen-bond acceptors (Lipinski definition) is 4. The van der Waals surface area contributed by atoms with Crippen molar-refractivity contribution in [2.24, 2.45) is 0 Å². The molecule has 0 bridgehead atoms. The van der Waals surface area contributed by atoms with Crippen molar-refractivity contribution in [2.75, 3.05) is 19.6 Å². The quantitative estimate of drug-likeness (QED) is 0.708. The average molecular weight is 419 g/mol. The van der Waals surface area contributed by atoms with Gasteiger partial charge in [0.25, 0.3) is 5.91 Å². The van der Waals surface area contributed by atoms with E-state index in [4.69, 9.17) is 11.6 Å². The molecule has 9 heteroatoms. The Morgan fingerprint density at radius 2 is 2.07 bits per heavy atom. The summed E-state index contributed by atoms with van der Waals surface area (Å²) in [6.07, 6.45) is 3.08. The van der Waals surface area contributed by atoms with Gasteiger partial charge in [-0.3, -0.25) is 4.79 Å². The van der Waals surface area contributed by atoms with Gasteiger partial charge in [-0.25, -0.2) is 13.4 Å². The Bertz CT molecular complexity index is 1140. The predicted molar refractivity (Wildman–Crippen MR) is 107 cm³/mol. The molecule has 4 rings (SSSR count). The Kier molecular flexibility index (Phi) is 4.86. The van der Waals surface area contributed by atoms with Crippen molar-refractivity contribution in [1.29, 1.82) is 0 Å². The first-order chi connectivity index (χ1) is 13.4. The summed E-state index contributed by atoms with van der Waals surface area (Å²) in [7, 11) is -3.71. The summed E-state index contributed by atoms with van der Waals surface area (Å²) in [4.78, 5) is 21.7. The zero-order valence-electron chi connectivity index (χ0n) is 15.2. The Hall–Kier alpha value is -2.42. The SMILES string of the molecule is C[C@@H]1CN(C(=O)c2cccc(Cl)c2)CCN1S(=O)(=O)c1c[nH]c2ncccc12. The van der Waals surface area contributed by atoms with Crippen LogP contribution in [0.1, 0.15) is 17.3 Å². The Morgan fingerprint density at radius 1 is 1.25 bits per heavy atom. The van der Waals surface area contributed by atoms with E-state index in [9.17, 15) is 13.2 Å². The molecule has 0 aliphatic carbocycles. The molecule has 28 heavy (non-hydrogen) atoms. The lowest BCUT2D eigenvalue weighted by Gasteiger charge is -2.38. The molecule has 7 nitrogen and oxygen atoms in total. The Labute approximate surface area is 168 Å². The van der Waals surface area contributed by atoms with Gasteiger partial charge in [-0.1, -0.05) is 17.7 Å². The molecule has 2 aromatic heterocycles. The number of aromatic amines is 1. The van der Waals surface area contributed by atoms with Crippen LogP contribution in [0.25, 0.3) is 11.0 Å². The van der Waals surface area contributed by atoms with Crippen LogP contribution in [0.15, 0.2) is 53.7 Å². The monoisotopic (exact) mass is 418 g/mol. The van der Waals surface area contributed by atoms with E-state index in [0.29, 0.717) is 34.7 Å². The van der Waals surface area contributed by atoms with Crippen LogP contribution in [0.2, 0.25) is 5.02 Å². The van der Waals surface area contributed by atoms with Crippen LogP contribution in [0.4, 0.5) is 0 Å².